The zero-order chi connectivity index (χ0) is 17.8. The lowest BCUT2D eigenvalue weighted by molar-refractivity contribution is -0.131. The van der Waals surface area contributed by atoms with Gasteiger partial charge in [-0.1, -0.05) is 38.0 Å². The number of para-hydroxylation sites is 1. The summed E-state index contributed by atoms with van der Waals surface area (Å²) in [6.07, 6.45) is 6.59. The standard InChI is InChI=1S/C21H31N3O.ClH/c1-3-17(22)14-19-16(2)24(20-11-7-6-10-18(19)20)15-21(25)23-12-8-4-5-9-13-23;/h6-7,10-11,17H,3-5,8-9,12-15,22H2,1-2H3;1H. The Morgan fingerprint density at radius 3 is 2.46 bits per heavy atom. The summed E-state index contributed by atoms with van der Waals surface area (Å²) in [5, 5.41) is 1.24. The van der Waals surface area contributed by atoms with Gasteiger partial charge in [0.25, 0.3) is 0 Å². The van der Waals surface area contributed by atoms with E-state index in [9.17, 15) is 4.79 Å². The largest absolute Gasteiger partial charge is 0.341 e. The molecule has 2 aromatic rings. The van der Waals surface area contributed by atoms with Crippen LogP contribution >= 0.6 is 12.4 Å². The fourth-order valence-corrected chi connectivity index (χ4v) is 3.93. The van der Waals surface area contributed by atoms with Gasteiger partial charge in [-0.2, -0.15) is 0 Å². The summed E-state index contributed by atoms with van der Waals surface area (Å²) in [4.78, 5) is 14.9. The minimum atomic E-state index is 0. The van der Waals surface area contributed by atoms with Crippen LogP contribution in [-0.2, 0) is 17.8 Å². The maximum atomic E-state index is 12.9. The van der Waals surface area contributed by atoms with Gasteiger partial charge in [0.15, 0.2) is 0 Å². The highest BCUT2D eigenvalue weighted by Crippen LogP contribution is 2.27. The Morgan fingerprint density at radius 1 is 1.15 bits per heavy atom. The second-order valence-corrected chi connectivity index (χ2v) is 7.33. The lowest BCUT2D eigenvalue weighted by Crippen LogP contribution is -2.34. The maximum Gasteiger partial charge on any atom is 0.242 e. The molecule has 1 saturated heterocycles. The number of likely N-dealkylation sites (tertiary alicyclic amines) is 1. The van der Waals surface area contributed by atoms with E-state index >= 15 is 0 Å². The van der Waals surface area contributed by atoms with Crippen LogP contribution in [0, 0.1) is 6.92 Å². The number of nitrogens with two attached hydrogens (primary N) is 1. The zero-order valence-corrected chi connectivity index (χ0v) is 16.9. The fourth-order valence-electron chi connectivity index (χ4n) is 3.93. The molecule has 0 aliphatic carbocycles. The van der Waals surface area contributed by atoms with Crippen molar-refractivity contribution >= 4 is 29.2 Å². The summed E-state index contributed by atoms with van der Waals surface area (Å²) in [6.45, 7) is 6.51. The maximum absolute atomic E-state index is 12.9. The number of carbonyl (C=O) groups excluding carboxylic acids is 1. The van der Waals surface area contributed by atoms with Crippen LogP contribution in [-0.4, -0.2) is 34.5 Å². The van der Waals surface area contributed by atoms with Crippen molar-refractivity contribution in [2.75, 3.05) is 13.1 Å². The Morgan fingerprint density at radius 2 is 1.81 bits per heavy atom. The third kappa shape index (κ3) is 4.41. The van der Waals surface area contributed by atoms with Crippen molar-refractivity contribution in [3.05, 3.63) is 35.5 Å². The predicted molar refractivity (Wildman–Crippen MR) is 111 cm³/mol. The van der Waals surface area contributed by atoms with Crippen molar-refractivity contribution < 1.29 is 4.79 Å². The molecular weight excluding hydrogens is 346 g/mol. The molecule has 0 spiro atoms. The fraction of sp³-hybridized carbons (Fsp3) is 0.571. The van der Waals surface area contributed by atoms with Gasteiger partial charge in [0.05, 0.1) is 0 Å². The van der Waals surface area contributed by atoms with Crippen LogP contribution in [0.4, 0.5) is 0 Å². The normalized spacial score (nSPS) is 16.2. The van der Waals surface area contributed by atoms with E-state index in [0.717, 1.165) is 44.3 Å². The van der Waals surface area contributed by atoms with Crippen LogP contribution in [0.5, 0.6) is 0 Å². The number of carbonyl (C=O) groups is 1. The van der Waals surface area contributed by atoms with Gasteiger partial charge in [-0.3, -0.25) is 4.79 Å². The van der Waals surface area contributed by atoms with E-state index in [1.54, 1.807) is 0 Å². The topological polar surface area (TPSA) is 51.3 Å². The molecule has 1 amide bonds. The van der Waals surface area contributed by atoms with Gasteiger partial charge in [-0.25, -0.2) is 0 Å². The number of aromatic nitrogens is 1. The van der Waals surface area contributed by atoms with Gasteiger partial charge in [0.1, 0.15) is 6.54 Å². The summed E-state index contributed by atoms with van der Waals surface area (Å²) >= 11 is 0. The van der Waals surface area contributed by atoms with Crippen LogP contribution in [0.25, 0.3) is 10.9 Å². The second-order valence-electron chi connectivity index (χ2n) is 7.33. The number of amides is 1. The summed E-state index contributed by atoms with van der Waals surface area (Å²) < 4.78 is 2.19. The highest BCUT2D eigenvalue weighted by molar-refractivity contribution is 5.87. The molecule has 26 heavy (non-hydrogen) atoms. The lowest BCUT2D eigenvalue weighted by Gasteiger charge is -2.21. The van der Waals surface area contributed by atoms with Crippen molar-refractivity contribution in [2.45, 2.75) is 65.0 Å². The number of benzene rings is 1. The third-order valence-corrected chi connectivity index (χ3v) is 5.60. The monoisotopic (exact) mass is 377 g/mol. The van der Waals surface area contributed by atoms with E-state index in [1.807, 2.05) is 0 Å². The molecule has 0 radical (unpaired) electrons. The summed E-state index contributed by atoms with van der Waals surface area (Å²) in [6, 6.07) is 8.58. The van der Waals surface area contributed by atoms with Crippen molar-refractivity contribution in [1.29, 1.82) is 0 Å². The van der Waals surface area contributed by atoms with Gasteiger partial charge in [-0.05, 0) is 44.2 Å². The molecule has 1 aliphatic rings. The van der Waals surface area contributed by atoms with E-state index in [1.165, 1.54) is 29.5 Å². The second kappa shape index (κ2) is 9.43. The molecule has 0 saturated carbocycles. The Kier molecular flexibility index (Phi) is 7.54. The smallest absolute Gasteiger partial charge is 0.242 e. The Bertz CT molecular complexity index is 732. The summed E-state index contributed by atoms with van der Waals surface area (Å²) in [7, 11) is 0. The molecule has 3 rings (SSSR count). The first-order valence-electron chi connectivity index (χ1n) is 9.72. The Balaban J connectivity index is 0.00000243. The molecule has 0 bridgehead atoms. The quantitative estimate of drug-likeness (QED) is 0.854. The van der Waals surface area contributed by atoms with Crippen molar-refractivity contribution in [2.24, 2.45) is 5.73 Å². The first kappa shape index (κ1) is 20.8. The number of rotatable bonds is 5. The SMILES string of the molecule is CCC(N)Cc1c(C)n(CC(=O)N2CCCCCC2)c2ccccc12.Cl. The molecule has 5 heteroatoms. The first-order chi connectivity index (χ1) is 12.1. The summed E-state index contributed by atoms with van der Waals surface area (Å²) in [5.41, 5.74) is 9.87. The molecule has 1 aromatic carbocycles. The lowest BCUT2D eigenvalue weighted by atomic mass is 10.0. The van der Waals surface area contributed by atoms with E-state index in [-0.39, 0.29) is 24.4 Å². The molecule has 144 valence electrons. The van der Waals surface area contributed by atoms with Gasteiger partial charge in [0.2, 0.25) is 5.91 Å². The minimum Gasteiger partial charge on any atom is -0.341 e. The average Bonchev–Trinajstić information content (AvgIpc) is 2.82. The Hall–Kier alpha value is -1.52. The van der Waals surface area contributed by atoms with Crippen molar-refractivity contribution in [3.63, 3.8) is 0 Å². The highest BCUT2D eigenvalue weighted by Gasteiger charge is 2.20. The van der Waals surface area contributed by atoms with E-state index in [4.69, 9.17) is 5.73 Å². The number of hydrogen-bond donors (Lipinski definition) is 1. The molecule has 1 aromatic heterocycles. The first-order valence-corrected chi connectivity index (χ1v) is 9.72. The van der Waals surface area contributed by atoms with E-state index in [0.29, 0.717) is 6.54 Å². The average molecular weight is 378 g/mol. The molecular formula is C21H32ClN3O. The molecule has 1 atom stereocenters. The Labute approximate surface area is 163 Å². The van der Waals surface area contributed by atoms with Crippen molar-refractivity contribution in [3.8, 4) is 0 Å². The van der Waals surface area contributed by atoms with Gasteiger partial charge >= 0.3 is 0 Å². The third-order valence-electron chi connectivity index (χ3n) is 5.60. The molecule has 1 fully saturated rings. The zero-order valence-electron chi connectivity index (χ0n) is 16.0. The predicted octanol–water partition coefficient (Wildman–Crippen LogP) is 4.05. The molecule has 1 aliphatic heterocycles. The molecule has 1 unspecified atom stereocenters. The van der Waals surface area contributed by atoms with E-state index < -0.39 is 0 Å². The number of nitrogens with zero attached hydrogens (tertiary/aromatic N) is 2. The highest BCUT2D eigenvalue weighted by atomic mass is 35.5. The van der Waals surface area contributed by atoms with Crippen LogP contribution < -0.4 is 5.73 Å². The summed E-state index contributed by atoms with van der Waals surface area (Å²) in [5.74, 6) is 0.247. The van der Waals surface area contributed by atoms with Crippen LogP contribution in [0.3, 0.4) is 0 Å². The van der Waals surface area contributed by atoms with Crippen molar-refractivity contribution in [1.82, 2.24) is 9.47 Å². The van der Waals surface area contributed by atoms with Crippen LogP contribution in [0.15, 0.2) is 24.3 Å². The molecule has 2 N–H and O–H groups in total. The number of fused-ring (bicyclic) bond motifs is 1. The minimum absolute atomic E-state index is 0. The van der Waals surface area contributed by atoms with E-state index in [2.05, 4.69) is 47.6 Å². The molecule has 2 heterocycles. The number of hydrogen-bond acceptors (Lipinski definition) is 2. The van der Waals surface area contributed by atoms with Gasteiger partial charge in [-0.15, -0.1) is 12.4 Å². The van der Waals surface area contributed by atoms with Crippen LogP contribution in [0.1, 0.15) is 50.3 Å². The van der Waals surface area contributed by atoms with Crippen LogP contribution in [0.2, 0.25) is 0 Å². The van der Waals surface area contributed by atoms with Gasteiger partial charge in [0, 0.05) is 35.7 Å². The van der Waals surface area contributed by atoms with Gasteiger partial charge < -0.3 is 15.2 Å². The molecule has 4 nitrogen and oxygen atoms in total. The number of halogens is 1.